The molecule has 2 aliphatic heterocycles. The molecule has 3 aliphatic rings. The van der Waals surface area contributed by atoms with Crippen molar-refractivity contribution in [3.8, 4) is 0 Å². The molecule has 0 amide bonds. The molecule has 0 bridgehead atoms. The first-order chi connectivity index (χ1) is 20.8. The fraction of sp³-hybridized carbons (Fsp3) is 0.200. The van der Waals surface area contributed by atoms with E-state index in [-0.39, 0.29) is 23.1 Å². The van der Waals surface area contributed by atoms with E-state index in [4.69, 9.17) is 14.9 Å². The molecule has 4 unspecified atom stereocenters. The van der Waals surface area contributed by atoms with Gasteiger partial charge in [0.15, 0.2) is 0 Å². The van der Waals surface area contributed by atoms with Gasteiger partial charge in [-0.3, -0.25) is 19.2 Å². The van der Waals surface area contributed by atoms with E-state index in [2.05, 4.69) is 4.74 Å². The van der Waals surface area contributed by atoms with Crippen LogP contribution in [-0.4, -0.2) is 68.2 Å². The summed E-state index contributed by atoms with van der Waals surface area (Å²) in [6, 6.07) is 11.3. The predicted molar refractivity (Wildman–Crippen MR) is 142 cm³/mol. The number of carboxylic acids is 4. The minimum atomic E-state index is -1.55. The summed E-state index contributed by atoms with van der Waals surface area (Å²) < 4.78 is 9.40. The van der Waals surface area contributed by atoms with Crippen molar-refractivity contribution in [2.24, 2.45) is 11.8 Å². The molecule has 224 valence electrons. The Balaban J connectivity index is 0.000000175. The molecule has 1 aliphatic carbocycles. The van der Waals surface area contributed by atoms with Gasteiger partial charge in [0.05, 0.1) is 46.4 Å². The first-order valence-corrected chi connectivity index (χ1v) is 12.9. The van der Waals surface area contributed by atoms with Gasteiger partial charge in [-0.2, -0.15) is 0 Å². The van der Waals surface area contributed by atoms with Gasteiger partial charge in [-0.15, -0.1) is 0 Å². The van der Waals surface area contributed by atoms with Crippen molar-refractivity contribution in [3.63, 3.8) is 0 Å². The van der Waals surface area contributed by atoms with E-state index in [0.717, 1.165) is 29.8 Å². The summed E-state index contributed by atoms with van der Waals surface area (Å²) in [5, 5.41) is 36.1. The lowest BCUT2D eigenvalue weighted by Crippen LogP contribution is -2.31. The number of aromatic carboxylic acids is 4. The highest BCUT2D eigenvalue weighted by atomic mass is 16.6. The molecule has 2 heterocycles. The number of hydrogen-bond donors (Lipinski definition) is 4. The Morgan fingerprint density at radius 3 is 1.52 bits per heavy atom. The van der Waals surface area contributed by atoms with Crippen LogP contribution < -0.4 is 0 Å². The Morgan fingerprint density at radius 1 is 0.568 bits per heavy atom. The molecule has 3 aromatic carbocycles. The van der Waals surface area contributed by atoms with Crippen LogP contribution in [-0.2, 0) is 28.7 Å². The van der Waals surface area contributed by atoms with Crippen LogP contribution >= 0.6 is 0 Å². The molecule has 14 heteroatoms. The summed E-state index contributed by atoms with van der Waals surface area (Å²) in [5.41, 5.74) is -0.675. The van der Waals surface area contributed by atoms with E-state index < -0.39 is 87.8 Å². The van der Waals surface area contributed by atoms with Crippen molar-refractivity contribution in [2.45, 2.75) is 24.7 Å². The number of cyclic esters (lactones) is 4. The number of esters is 4. The van der Waals surface area contributed by atoms with Gasteiger partial charge < -0.3 is 29.9 Å². The summed E-state index contributed by atoms with van der Waals surface area (Å²) in [6.07, 6.45) is 0.331. The smallest absolute Gasteiger partial charge is 0.337 e. The number of benzene rings is 3. The zero-order chi connectivity index (χ0) is 32.0. The van der Waals surface area contributed by atoms with Crippen LogP contribution in [0.25, 0.3) is 10.8 Å². The highest BCUT2D eigenvalue weighted by Crippen LogP contribution is 2.50. The molecule has 6 rings (SSSR count). The Kier molecular flexibility index (Phi) is 7.43. The summed E-state index contributed by atoms with van der Waals surface area (Å²) in [5.74, 6) is -10.4. The molecule has 0 spiro atoms. The van der Waals surface area contributed by atoms with Crippen molar-refractivity contribution in [3.05, 3.63) is 81.9 Å². The van der Waals surface area contributed by atoms with E-state index in [1.165, 1.54) is 0 Å². The Morgan fingerprint density at radius 2 is 1.07 bits per heavy atom. The lowest BCUT2D eigenvalue weighted by Gasteiger charge is -2.32. The Labute approximate surface area is 245 Å². The lowest BCUT2D eigenvalue weighted by atomic mass is 9.67. The number of carbonyl (C=O) groups excluding carboxylic acids is 4. The fourth-order valence-electron chi connectivity index (χ4n) is 6.05. The molecule has 0 aromatic heterocycles. The van der Waals surface area contributed by atoms with Crippen LogP contribution in [0.15, 0.2) is 48.5 Å². The van der Waals surface area contributed by atoms with Gasteiger partial charge in [0.1, 0.15) is 0 Å². The predicted octanol–water partition coefficient (Wildman–Crippen LogP) is 2.68. The third-order valence-electron chi connectivity index (χ3n) is 7.88. The van der Waals surface area contributed by atoms with E-state index in [9.17, 15) is 48.6 Å². The summed E-state index contributed by atoms with van der Waals surface area (Å²) in [6.45, 7) is 0. The average Bonchev–Trinajstić information content (AvgIpc) is 3.46. The molecular formula is C30H20O14. The van der Waals surface area contributed by atoms with E-state index >= 15 is 0 Å². The van der Waals surface area contributed by atoms with Crippen molar-refractivity contribution >= 4 is 58.5 Å². The summed E-state index contributed by atoms with van der Waals surface area (Å²) in [7, 11) is 0. The molecule has 0 saturated carbocycles. The van der Waals surface area contributed by atoms with Crippen LogP contribution in [0.5, 0.6) is 0 Å². The van der Waals surface area contributed by atoms with Crippen LogP contribution in [0, 0.1) is 11.8 Å². The first-order valence-electron chi connectivity index (χ1n) is 12.9. The molecule has 14 nitrogen and oxygen atoms in total. The van der Waals surface area contributed by atoms with E-state index in [1.807, 2.05) is 12.1 Å². The van der Waals surface area contributed by atoms with Gasteiger partial charge in [-0.05, 0) is 46.4 Å². The first kappa shape index (κ1) is 29.6. The van der Waals surface area contributed by atoms with Gasteiger partial charge in [0, 0.05) is 0 Å². The maximum Gasteiger partial charge on any atom is 0.337 e. The van der Waals surface area contributed by atoms with Crippen LogP contribution in [0.4, 0.5) is 0 Å². The average molecular weight is 604 g/mol. The second kappa shape index (κ2) is 11.1. The standard InChI is InChI=1S/C16H12O6.C14H8O8/c17-12-6-10(14(18)21-12)9-5-11-13(16(20)22-15(11)19)8-4-2-1-3-7(8)9;15-11(16)7-3-1-5-6(10(7)14(21)22)2-4-8(12(17)18)9(5)13(19)20/h1-4,9-11,13H,5-6H2;1-4H,(H,15,16)(H,17,18)(H,19,20)(H,21,22). The summed E-state index contributed by atoms with van der Waals surface area (Å²) in [4.78, 5) is 91.9. The monoisotopic (exact) mass is 604 g/mol. The Hall–Kier alpha value is -5.92. The molecule has 3 aromatic rings. The molecule has 4 atom stereocenters. The fourth-order valence-corrected chi connectivity index (χ4v) is 6.05. The quantitative estimate of drug-likeness (QED) is 0.242. The normalized spacial score (nSPS) is 21.8. The summed E-state index contributed by atoms with van der Waals surface area (Å²) >= 11 is 0. The highest BCUT2D eigenvalue weighted by molar-refractivity contribution is 6.18. The second-order valence-corrected chi connectivity index (χ2v) is 10.2. The van der Waals surface area contributed by atoms with Gasteiger partial charge in [-0.25, -0.2) is 19.2 Å². The molecule has 2 fully saturated rings. The number of carbonyl (C=O) groups is 8. The second-order valence-electron chi connectivity index (χ2n) is 10.2. The van der Waals surface area contributed by atoms with Gasteiger partial charge in [-0.1, -0.05) is 36.4 Å². The maximum atomic E-state index is 11.9. The molecular weight excluding hydrogens is 584 g/mol. The van der Waals surface area contributed by atoms with Crippen LogP contribution in [0.2, 0.25) is 0 Å². The van der Waals surface area contributed by atoms with E-state index in [0.29, 0.717) is 12.0 Å². The van der Waals surface area contributed by atoms with Crippen molar-refractivity contribution in [1.82, 2.24) is 0 Å². The number of hydrogen-bond acceptors (Lipinski definition) is 10. The third-order valence-corrected chi connectivity index (χ3v) is 7.88. The minimum Gasteiger partial charge on any atom is -0.478 e. The van der Waals surface area contributed by atoms with Crippen molar-refractivity contribution in [1.29, 1.82) is 0 Å². The van der Waals surface area contributed by atoms with Crippen LogP contribution in [0.3, 0.4) is 0 Å². The topological polar surface area (TPSA) is 236 Å². The highest BCUT2D eigenvalue weighted by Gasteiger charge is 2.53. The SMILES string of the molecule is O=C(O)c1ccc2c(C(=O)O)c(C(=O)O)ccc2c1C(=O)O.O=C1CC(C2CC3C(=O)OC(=O)C3c3ccccc32)C(=O)O1. The number of fused-ring (bicyclic) bond motifs is 4. The van der Waals surface area contributed by atoms with Crippen molar-refractivity contribution < 1.29 is 68.3 Å². The largest absolute Gasteiger partial charge is 0.478 e. The molecule has 4 N–H and O–H groups in total. The number of ether oxygens (including phenoxy) is 2. The zero-order valence-electron chi connectivity index (χ0n) is 22.2. The van der Waals surface area contributed by atoms with Crippen molar-refractivity contribution in [2.75, 3.05) is 0 Å². The maximum absolute atomic E-state index is 11.9. The van der Waals surface area contributed by atoms with Crippen LogP contribution in [0.1, 0.15) is 77.2 Å². The van der Waals surface area contributed by atoms with Gasteiger partial charge >= 0.3 is 47.8 Å². The number of carboxylic acid groups (broad SMARTS) is 4. The van der Waals surface area contributed by atoms with Gasteiger partial charge in [0.25, 0.3) is 0 Å². The lowest BCUT2D eigenvalue weighted by molar-refractivity contribution is -0.155. The molecule has 44 heavy (non-hydrogen) atoms. The molecule has 0 radical (unpaired) electrons. The Bertz CT molecular complexity index is 1770. The van der Waals surface area contributed by atoms with Gasteiger partial charge in [0.2, 0.25) is 0 Å². The van der Waals surface area contributed by atoms with E-state index in [1.54, 1.807) is 12.1 Å². The third kappa shape index (κ3) is 4.91. The molecule has 2 saturated heterocycles. The zero-order valence-corrected chi connectivity index (χ0v) is 22.2. The number of rotatable bonds is 5. The minimum absolute atomic E-state index is 0.0121.